The summed E-state index contributed by atoms with van der Waals surface area (Å²) in [4.78, 5) is 40.3. The number of rotatable bonds is 8. The van der Waals surface area contributed by atoms with Crippen molar-refractivity contribution in [2.24, 2.45) is 16.5 Å². The van der Waals surface area contributed by atoms with Gasteiger partial charge in [-0.15, -0.1) is 0 Å². The van der Waals surface area contributed by atoms with Gasteiger partial charge in [-0.05, 0) is 37.1 Å². The highest BCUT2D eigenvalue weighted by Gasteiger charge is 2.28. The van der Waals surface area contributed by atoms with Crippen LogP contribution in [0.2, 0.25) is 0 Å². The monoisotopic (exact) mass is 376 g/mol. The van der Waals surface area contributed by atoms with Crippen LogP contribution in [0, 0.1) is 0 Å². The smallest absolute Gasteiger partial charge is 0.323 e. The molecule has 10 heteroatoms. The van der Waals surface area contributed by atoms with Crippen molar-refractivity contribution >= 4 is 29.4 Å². The highest BCUT2D eigenvalue weighted by atomic mass is 16.4. The lowest BCUT2D eigenvalue weighted by molar-refractivity contribution is -0.146. The number of carbonyl (C=O) groups is 3. The Labute approximate surface area is 156 Å². The van der Waals surface area contributed by atoms with E-state index in [1.807, 2.05) is 0 Å². The van der Waals surface area contributed by atoms with Crippen molar-refractivity contribution in [3.05, 3.63) is 29.8 Å². The zero-order valence-corrected chi connectivity index (χ0v) is 14.9. The van der Waals surface area contributed by atoms with Gasteiger partial charge in [0, 0.05) is 25.2 Å². The molecule has 1 unspecified atom stereocenters. The molecule has 27 heavy (non-hydrogen) atoms. The molecule has 1 saturated heterocycles. The topological polar surface area (TPSA) is 163 Å². The van der Waals surface area contributed by atoms with Crippen LogP contribution >= 0.6 is 0 Å². The van der Waals surface area contributed by atoms with Gasteiger partial charge in [0.15, 0.2) is 5.96 Å². The molecule has 1 aliphatic rings. The molecule has 0 aliphatic carbocycles. The summed E-state index contributed by atoms with van der Waals surface area (Å²) in [6.07, 6.45) is 1.10. The van der Waals surface area contributed by atoms with Crippen LogP contribution in [-0.4, -0.2) is 66.0 Å². The molecule has 7 N–H and O–H groups in total. The number of carbonyl (C=O) groups excluding carboxylic acids is 2. The molecule has 1 aromatic rings. The number of benzene rings is 1. The number of carboxylic acids is 1. The third-order valence-corrected chi connectivity index (χ3v) is 4.05. The molecule has 146 valence electrons. The van der Waals surface area contributed by atoms with E-state index in [-0.39, 0.29) is 24.3 Å². The average molecular weight is 376 g/mol. The highest BCUT2D eigenvalue weighted by Crippen LogP contribution is 2.12. The molecule has 0 bridgehead atoms. The Morgan fingerprint density at radius 3 is 2.63 bits per heavy atom. The molecule has 0 radical (unpaired) electrons. The minimum absolute atomic E-state index is 0.0556. The first-order valence-corrected chi connectivity index (χ1v) is 8.58. The van der Waals surface area contributed by atoms with Gasteiger partial charge in [0.2, 0.25) is 5.91 Å². The molecule has 1 aliphatic heterocycles. The summed E-state index contributed by atoms with van der Waals surface area (Å²) in [6.45, 7) is 1.05. The molecule has 1 heterocycles. The van der Waals surface area contributed by atoms with E-state index >= 15 is 0 Å². The van der Waals surface area contributed by atoms with Crippen LogP contribution in [0.15, 0.2) is 29.3 Å². The van der Waals surface area contributed by atoms with Gasteiger partial charge in [0.25, 0.3) is 5.91 Å². The first-order chi connectivity index (χ1) is 12.9. The molecule has 1 fully saturated rings. The number of carboxylic acid groups (broad SMARTS) is 1. The minimum atomic E-state index is -1.03. The van der Waals surface area contributed by atoms with Gasteiger partial charge in [0.05, 0.1) is 11.7 Å². The summed E-state index contributed by atoms with van der Waals surface area (Å²) in [6, 6.07) is 6.08. The predicted molar refractivity (Wildman–Crippen MR) is 99.5 cm³/mol. The maximum absolute atomic E-state index is 12.2. The van der Waals surface area contributed by atoms with Gasteiger partial charge in [-0.3, -0.25) is 14.4 Å². The maximum Gasteiger partial charge on any atom is 0.323 e. The van der Waals surface area contributed by atoms with E-state index < -0.39 is 12.0 Å². The molecular weight excluding hydrogens is 352 g/mol. The maximum atomic E-state index is 12.2. The number of amides is 2. The Morgan fingerprint density at radius 1 is 1.30 bits per heavy atom. The van der Waals surface area contributed by atoms with Gasteiger partial charge in [-0.1, -0.05) is 0 Å². The van der Waals surface area contributed by atoms with Gasteiger partial charge in [-0.2, -0.15) is 0 Å². The fourth-order valence-electron chi connectivity index (χ4n) is 2.78. The zero-order chi connectivity index (χ0) is 19.8. The average Bonchev–Trinajstić information content (AvgIpc) is 2.61. The van der Waals surface area contributed by atoms with Gasteiger partial charge in [-0.25, -0.2) is 4.99 Å². The first kappa shape index (κ1) is 20.2. The molecule has 0 spiro atoms. The van der Waals surface area contributed by atoms with Crippen LogP contribution in [0.1, 0.15) is 23.2 Å². The number of nitrogens with two attached hydrogens (primary N) is 2. The fourth-order valence-corrected chi connectivity index (χ4v) is 2.78. The fraction of sp³-hybridized carbons (Fsp3) is 0.412. The molecule has 0 aromatic heterocycles. The lowest BCUT2D eigenvalue weighted by Crippen LogP contribution is -2.56. The van der Waals surface area contributed by atoms with E-state index in [9.17, 15) is 14.4 Å². The van der Waals surface area contributed by atoms with Crippen molar-refractivity contribution in [3.8, 4) is 0 Å². The predicted octanol–water partition coefficient (Wildman–Crippen LogP) is -1.01. The first-order valence-electron chi connectivity index (χ1n) is 8.58. The Morgan fingerprint density at radius 2 is 2.00 bits per heavy atom. The Kier molecular flexibility index (Phi) is 7.12. The molecular formula is C17H24N6O4. The number of aliphatic carboxylic acids is 1. The van der Waals surface area contributed by atoms with Crippen LogP contribution < -0.4 is 22.1 Å². The van der Waals surface area contributed by atoms with E-state index in [0.717, 1.165) is 0 Å². The number of nitrogens with one attached hydrogen (secondary N) is 2. The standard InChI is InChI=1S/C17H24N6O4/c18-17(19)22-12-5-3-11(4-6-12)15(26)21-7-1-2-13-16(27)23(9-8-20-13)10-14(24)25/h3-6,13,20H,1-2,7-10H2,(H,21,26)(H,24,25)(H4,18,19,22). The number of nitrogens with zero attached hydrogens (tertiary/aromatic N) is 2. The molecule has 2 amide bonds. The van der Waals surface area contributed by atoms with E-state index in [2.05, 4.69) is 15.6 Å². The summed E-state index contributed by atoms with van der Waals surface area (Å²) in [5.74, 6) is -1.53. The molecule has 10 nitrogen and oxygen atoms in total. The van der Waals surface area contributed by atoms with Crippen molar-refractivity contribution in [1.29, 1.82) is 0 Å². The van der Waals surface area contributed by atoms with Gasteiger partial charge < -0.3 is 32.1 Å². The third kappa shape index (κ3) is 6.26. The summed E-state index contributed by atoms with van der Waals surface area (Å²) in [7, 11) is 0. The summed E-state index contributed by atoms with van der Waals surface area (Å²) in [5, 5.41) is 14.7. The number of hydrogen-bond donors (Lipinski definition) is 5. The summed E-state index contributed by atoms with van der Waals surface area (Å²) < 4.78 is 0. The lowest BCUT2D eigenvalue weighted by Gasteiger charge is -2.32. The lowest BCUT2D eigenvalue weighted by atomic mass is 10.1. The Balaban J connectivity index is 1.76. The van der Waals surface area contributed by atoms with Gasteiger partial charge >= 0.3 is 5.97 Å². The van der Waals surface area contributed by atoms with Crippen molar-refractivity contribution in [2.45, 2.75) is 18.9 Å². The van der Waals surface area contributed by atoms with Crippen LogP contribution in [0.25, 0.3) is 0 Å². The van der Waals surface area contributed by atoms with Crippen molar-refractivity contribution in [2.75, 3.05) is 26.2 Å². The Bertz CT molecular complexity index is 715. The number of piperazine rings is 1. The zero-order valence-electron chi connectivity index (χ0n) is 14.9. The number of aliphatic imine (C=N–C) groups is 1. The van der Waals surface area contributed by atoms with Crippen LogP contribution in [0.3, 0.4) is 0 Å². The SMILES string of the molecule is NC(N)=Nc1ccc(C(=O)NCCCC2NCCN(CC(=O)O)C2=O)cc1. The van der Waals surface area contributed by atoms with Crippen molar-refractivity contribution in [3.63, 3.8) is 0 Å². The quantitative estimate of drug-likeness (QED) is 0.220. The van der Waals surface area contributed by atoms with Gasteiger partial charge in [0.1, 0.15) is 6.54 Å². The van der Waals surface area contributed by atoms with Crippen LogP contribution in [0.5, 0.6) is 0 Å². The van der Waals surface area contributed by atoms with E-state index in [1.54, 1.807) is 24.3 Å². The van der Waals surface area contributed by atoms with Crippen molar-refractivity contribution < 1.29 is 19.5 Å². The minimum Gasteiger partial charge on any atom is -0.480 e. The summed E-state index contributed by atoms with van der Waals surface area (Å²) in [5.41, 5.74) is 11.6. The van der Waals surface area contributed by atoms with E-state index in [0.29, 0.717) is 43.7 Å². The second kappa shape index (κ2) is 9.53. The van der Waals surface area contributed by atoms with Crippen LogP contribution in [-0.2, 0) is 9.59 Å². The number of hydrogen-bond acceptors (Lipinski definition) is 5. The second-order valence-corrected chi connectivity index (χ2v) is 6.14. The normalized spacial score (nSPS) is 16.7. The van der Waals surface area contributed by atoms with Crippen molar-refractivity contribution in [1.82, 2.24) is 15.5 Å². The number of guanidine groups is 1. The molecule has 0 saturated carbocycles. The van der Waals surface area contributed by atoms with E-state index in [1.165, 1.54) is 4.90 Å². The molecule has 1 atom stereocenters. The van der Waals surface area contributed by atoms with E-state index in [4.69, 9.17) is 16.6 Å². The highest BCUT2D eigenvalue weighted by molar-refractivity contribution is 5.94. The Hall–Kier alpha value is -3.14. The molecule has 1 aromatic carbocycles. The molecule has 2 rings (SSSR count). The second-order valence-electron chi connectivity index (χ2n) is 6.14. The third-order valence-electron chi connectivity index (χ3n) is 4.05. The largest absolute Gasteiger partial charge is 0.480 e. The van der Waals surface area contributed by atoms with Crippen LogP contribution in [0.4, 0.5) is 5.69 Å². The summed E-state index contributed by atoms with van der Waals surface area (Å²) >= 11 is 0.